The minimum Gasteiger partial charge on any atom is -0.398 e. The Bertz CT molecular complexity index is 299. The van der Waals surface area contributed by atoms with Crippen LogP contribution in [0.25, 0.3) is 0 Å². The summed E-state index contributed by atoms with van der Waals surface area (Å²) in [5.41, 5.74) is 8.70. The van der Waals surface area contributed by atoms with Gasteiger partial charge in [0, 0.05) is 5.69 Å². The molecular formula is C11H17NO. The van der Waals surface area contributed by atoms with Gasteiger partial charge in [0.25, 0.3) is 0 Å². The van der Waals surface area contributed by atoms with Gasteiger partial charge in [-0.15, -0.1) is 0 Å². The maximum Gasteiger partial charge on any atom is 0.0682 e. The second-order valence-corrected chi connectivity index (χ2v) is 4.33. The third kappa shape index (κ3) is 2.22. The summed E-state index contributed by atoms with van der Waals surface area (Å²) in [6, 6.07) is 5.73. The molecule has 0 amide bonds. The van der Waals surface area contributed by atoms with Crippen LogP contribution >= 0.6 is 0 Å². The zero-order valence-electron chi connectivity index (χ0n) is 8.46. The third-order valence-electron chi connectivity index (χ3n) is 2.11. The molecule has 0 radical (unpaired) electrons. The molecule has 0 heterocycles. The first-order valence-corrected chi connectivity index (χ1v) is 4.45. The summed E-state index contributed by atoms with van der Waals surface area (Å²) in [5.74, 6) is 0. The number of aliphatic hydroxyl groups is 1. The van der Waals surface area contributed by atoms with Crippen molar-refractivity contribution < 1.29 is 5.11 Å². The van der Waals surface area contributed by atoms with Gasteiger partial charge in [-0.3, -0.25) is 0 Å². The van der Waals surface area contributed by atoms with E-state index in [2.05, 4.69) is 20.8 Å². The van der Waals surface area contributed by atoms with Crippen molar-refractivity contribution in [3.63, 3.8) is 0 Å². The molecule has 1 rings (SSSR count). The Morgan fingerprint density at radius 2 is 1.92 bits per heavy atom. The molecule has 1 aromatic carbocycles. The maximum absolute atomic E-state index is 8.90. The van der Waals surface area contributed by atoms with Crippen LogP contribution in [-0.2, 0) is 12.0 Å². The molecule has 72 valence electrons. The summed E-state index contributed by atoms with van der Waals surface area (Å²) >= 11 is 0. The highest BCUT2D eigenvalue weighted by Crippen LogP contribution is 2.28. The smallest absolute Gasteiger partial charge is 0.0682 e. The number of nitrogen functional groups attached to an aromatic ring is 1. The Kier molecular flexibility index (Phi) is 2.62. The minimum absolute atomic E-state index is 0.0502. The van der Waals surface area contributed by atoms with E-state index in [1.165, 1.54) is 0 Å². The Morgan fingerprint density at radius 3 is 2.31 bits per heavy atom. The van der Waals surface area contributed by atoms with Gasteiger partial charge in [-0.25, -0.2) is 0 Å². The zero-order valence-corrected chi connectivity index (χ0v) is 8.46. The Morgan fingerprint density at radius 1 is 1.31 bits per heavy atom. The number of hydrogen-bond acceptors (Lipinski definition) is 2. The lowest BCUT2D eigenvalue weighted by molar-refractivity contribution is 0.282. The molecule has 0 unspecified atom stereocenters. The molecule has 0 fully saturated rings. The third-order valence-corrected chi connectivity index (χ3v) is 2.11. The van der Waals surface area contributed by atoms with Crippen molar-refractivity contribution >= 4 is 5.69 Å². The number of benzene rings is 1. The van der Waals surface area contributed by atoms with Gasteiger partial charge in [0.05, 0.1) is 6.61 Å². The van der Waals surface area contributed by atoms with E-state index in [-0.39, 0.29) is 12.0 Å². The zero-order chi connectivity index (χ0) is 10.1. The van der Waals surface area contributed by atoms with Crippen molar-refractivity contribution in [3.05, 3.63) is 29.3 Å². The quantitative estimate of drug-likeness (QED) is 0.648. The number of hydrogen-bond donors (Lipinski definition) is 2. The first-order chi connectivity index (χ1) is 5.95. The van der Waals surface area contributed by atoms with Crippen molar-refractivity contribution in [3.8, 4) is 0 Å². The predicted molar refractivity (Wildman–Crippen MR) is 55.5 cm³/mol. The highest BCUT2D eigenvalue weighted by atomic mass is 16.3. The van der Waals surface area contributed by atoms with Crippen LogP contribution in [0.5, 0.6) is 0 Å². The monoisotopic (exact) mass is 179 g/mol. The Balaban J connectivity index is 3.13. The maximum atomic E-state index is 8.90. The molecule has 0 saturated heterocycles. The fourth-order valence-electron chi connectivity index (χ4n) is 1.39. The van der Waals surface area contributed by atoms with Crippen LogP contribution in [0.4, 0.5) is 5.69 Å². The fraction of sp³-hybridized carbons (Fsp3) is 0.455. The molecule has 0 spiro atoms. The van der Waals surface area contributed by atoms with E-state index in [4.69, 9.17) is 10.8 Å². The van der Waals surface area contributed by atoms with Gasteiger partial charge in [0.1, 0.15) is 0 Å². The van der Waals surface area contributed by atoms with Crippen LogP contribution in [0.3, 0.4) is 0 Å². The van der Waals surface area contributed by atoms with E-state index in [0.717, 1.165) is 16.8 Å². The van der Waals surface area contributed by atoms with Crippen LogP contribution in [0, 0.1) is 0 Å². The number of anilines is 1. The average Bonchev–Trinajstić information content (AvgIpc) is 2.01. The Hall–Kier alpha value is -1.02. The summed E-state index contributed by atoms with van der Waals surface area (Å²) in [6.07, 6.45) is 0. The topological polar surface area (TPSA) is 46.2 Å². The van der Waals surface area contributed by atoms with Crippen molar-refractivity contribution in [2.75, 3.05) is 5.73 Å². The summed E-state index contributed by atoms with van der Waals surface area (Å²) in [4.78, 5) is 0. The van der Waals surface area contributed by atoms with E-state index < -0.39 is 0 Å². The van der Waals surface area contributed by atoms with E-state index in [9.17, 15) is 0 Å². The lowest BCUT2D eigenvalue weighted by atomic mass is 9.85. The molecule has 0 saturated carbocycles. The molecule has 13 heavy (non-hydrogen) atoms. The number of nitrogens with two attached hydrogens (primary N) is 1. The molecule has 0 aliphatic rings. The fourth-order valence-corrected chi connectivity index (χ4v) is 1.39. The highest BCUT2D eigenvalue weighted by Gasteiger charge is 2.16. The first kappa shape index (κ1) is 10.1. The molecular weight excluding hydrogens is 162 g/mol. The van der Waals surface area contributed by atoms with Crippen molar-refractivity contribution in [1.82, 2.24) is 0 Å². The SMILES string of the molecule is CC(C)(C)c1ccc(CO)cc1N. The molecule has 0 aromatic heterocycles. The van der Waals surface area contributed by atoms with E-state index in [1.807, 2.05) is 18.2 Å². The standard InChI is InChI=1S/C11H17NO/c1-11(2,3)9-5-4-8(7-13)6-10(9)12/h4-6,13H,7,12H2,1-3H3. The molecule has 0 bridgehead atoms. The molecule has 2 nitrogen and oxygen atoms in total. The highest BCUT2D eigenvalue weighted by molar-refractivity contribution is 5.52. The molecule has 0 aliphatic carbocycles. The van der Waals surface area contributed by atoms with E-state index >= 15 is 0 Å². The van der Waals surface area contributed by atoms with E-state index in [1.54, 1.807) is 0 Å². The van der Waals surface area contributed by atoms with Gasteiger partial charge in [-0.2, -0.15) is 0 Å². The van der Waals surface area contributed by atoms with Gasteiger partial charge >= 0.3 is 0 Å². The van der Waals surface area contributed by atoms with Gasteiger partial charge in [0.2, 0.25) is 0 Å². The van der Waals surface area contributed by atoms with Crippen molar-refractivity contribution in [2.24, 2.45) is 0 Å². The van der Waals surface area contributed by atoms with Crippen molar-refractivity contribution in [2.45, 2.75) is 32.8 Å². The van der Waals surface area contributed by atoms with E-state index in [0.29, 0.717) is 0 Å². The average molecular weight is 179 g/mol. The minimum atomic E-state index is 0.0502. The second-order valence-electron chi connectivity index (χ2n) is 4.33. The first-order valence-electron chi connectivity index (χ1n) is 4.45. The van der Waals surface area contributed by atoms with Gasteiger partial charge in [-0.1, -0.05) is 32.9 Å². The van der Waals surface area contributed by atoms with Gasteiger partial charge in [0.15, 0.2) is 0 Å². The summed E-state index contributed by atoms with van der Waals surface area (Å²) in [6.45, 7) is 6.42. The van der Waals surface area contributed by atoms with Gasteiger partial charge < -0.3 is 10.8 Å². The molecule has 3 N–H and O–H groups in total. The largest absolute Gasteiger partial charge is 0.398 e. The summed E-state index contributed by atoms with van der Waals surface area (Å²) in [7, 11) is 0. The van der Waals surface area contributed by atoms with Gasteiger partial charge in [-0.05, 0) is 22.6 Å². The van der Waals surface area contributed by atoms with Crippen LogP contribution in [0.15, 0.2) is 18.2 Å². The van der Waals surface area contributed by atoms with Crippen molar-refractivity contribution in [1.29, 1.82) is 0 Å². The molecule has 0 atom stereocenters. The van der Waals surface area contributed by atoms with Crippen LogP contribution in [0.2, 0.25) is 0 Å². The summed E-state index contributed by atoms with van der Waals surface area (Å²) < 4.78 is 0. The Labute approximate surface area is 79.4 Å². The normalized spacial score (nSPS) is 11.7. The number of aliphatic hydroxyl groups excluding tert-OH is 1. The molecule has 1 aromatic rings. The number of rotatable bonds is 1. The predicted octanol–water partition coefficient (Wildman–Crippen LogP) is 2.06. The summed E-state index contributed by atoms with van der Waals surface area (Å²) in [5, 5.41) is 8.90. The van der Waals surface area contributed by atoms with Crippen LogP contribution in [0.1, 0.15) is 31.9 Å². The molecule has 2 heteroatoms. The van der Waals surface area contributed by atoms with Crippen LogP contribution in [-0.4, -0.2) is 5.11 Å². The molecule has 0 aliphatic heterocycles. The lowest BCUT2D eigenvalue weighted by Crippen LogP contribution is -2.14. The second kappa shape index (κ2) is 3.38. The van der Waals surface area contributed by atoms with Crippen LogP contribution < -0.4 is 5.73 Å². The lowest BCUT2D eigenvalue weighted by Gasteiger charge is -2.21.